The fourth-order valence-corrected chi connectivity index (χ4v) is 3.93. The molecule has 3 aromatic rings. The van der Waals surface area contributed by atoms with Crippen molar-refractivity contribution in [3.63, 3.8) is 0 Å². The fraction of sp³-hybridized carbons (Fsp3) is 0.167. The van der Waals surface area contributed by atoms with Crippen molar-refractivity contribution in [3.05, 3.63) is 81.4 Å². The first-order valence-electron chi connectivity index (χ1n) is 10.3. The quantitative estimate of drug-likeness (QED) is 0.384. The molecule has 0 saturated carbocycles. The highest BCUT2D eigenvalue weighted by molar-refractivity contribution is 6.30. The summed E-state index contributed by atoms with van der Waals surface area (Å²) in [5, 5.41) is 14.4. The van der Waals surface area contributed by atoms with Gasteiger partial charge in [0.15, 0.2) is 11.5 Å². The van der Waals surface area contributed by atoms with Gasteiger partial charge in [-0.25, -0.2) is 0 Å². The Labute approximate surface area is 200 Å². The predicted octanol–water partition coefficient (Wildman–Crippen LogP) is 5.43. The van der Waals surface area contributed by atoms with E-state index >= 15 is 0 Å². The molecule has 174 valence electrons. The molecular formula is C24H20ClN3O6. The Balaban J connectivity index is 1.69. The summed E-state index contributed by atoms with van der Waals surface area (Å²) in [5.41, 5.74) is 1.13. The maximum Gasteiger partial charge on any atom is 0.313 e. The molecule has 0 saturated heterocycles. The molecule has 0 bridgehead atoms. The van der Waals surface area contributed by atoms with E-state index in [9.17, 15) is 19.7 Å². The molecule has 1 N–H and O–H groups in total. The molecule has 4 rings (SSSR count). The molecule has 3 aromatic carbocycles. The second kappa shape index (κ2) is 9.40. The number of nitro benzene ring substituents is 1. The molecule has 0 aromatic heterocycles. The molecule has 0 spiro atoms. The third-order valence-electron chi connectivity index (χ3n) is 5.33. The van der Waals surface area contributed by atoms with Crippen LogP contribution in [0.4, 0.5) is 17.1 Å². The Morgan fingerprint density at radius 3 is 2.59 bits per heavy atom. The van der Waals surface area contributed by atoms with Crippen LogP contribution in [0.2, 0.25) is 5.02 Å². The molecule has 1 heterocycles. The highest BCUT2D eigenvalue weighted by atomic mass is 35.5. The van der Waals surface area contributed by atoms with Gasteiger partial charge in [0.2, 0.25) is 11.7 Å². The monoisotopic (exact) mass is 481 g/mol. The van der Waals surface area contributed by atoms with Crippen molar-refractivity contribution in [2.45, 2.75) is 19.4 Å². The Kier molecular flexibility index (Phi) is 6.38. The molecule has 1 atom stereocenters. The number of nitro groups is 1. The number of methoxy groups -OCH3 is 1. The molecule has 1 unspecified atom stereocenters. The summed E-state index contributed by atoms with van der Waals surface area (Å²) < 4.78 is 11.1. The van der Waals surface area contributed by atoms with E-state index in [1.165, 1.54) is 43.5 Å². The average molecular weight is 482 g/mol. The van der Waals surface area contributed by atoms with E-state index in [0.717, 1.165) is 0 Å². The van der Waals surface area contributed by atoms with Gasteiger partial charge in [0.05, 0.1) is 23.4 Å². The number of halogens is 1. The lowest BCUT2D eigenvalue weighted by molar-refractivity contribution is -0.385. The van der Waals surface area contributed by atoms with Crippen LogP contribution in [-0.4, -0.2) is 29.9 Å². The number of amides is 2. The van der Waals surface area contributed by atoms with Gasteiger partial charge in [-0.05, 0) is 49.4 Å². The summed E-state index contributed by atoms with van der Waals surface area (Å²) in [6, 6.07) is 15.3. The zero-order valence-electron chi connectivity index (χ0n) is 18.3. The van der Waals surface area contributed by atoms with E-state index in [-0.39, 0.29) is 46.2 Å². The Morgan fingerprint density at radius 1 is 1.12 bits per heavy atom. The lowest BCUT2D eigenvalue weighted by Crippen LogP contribution is -2.39. The average Bonchev–Trinajstić information content (AvgIpc) is 2.93. The smallest absolute Gasteiger partial charge is 0.313 e. The number of ether oxygens (including phenoxy) is 2. The van der Waals surface area contributed by atoms with Crippen LogP contribution in [0.5, 0.6) is 17.2 Å². The summed E-state index contributed by atoms with van der Waals surface area (Å²) in [6.45, 7) is 1.80. The minimum atomic E-state index is -0.598. The van der Waals surface area contributed by atoms with Crippen LogP contribution in [0.15, 0.2) is 60.7 Å². The first-order chi connectivity index (χ1) is 16.3. The van der Waals surface area contributed by atoms with Gasteiger partial charge >= 0.3 is 5.69 Å². The van der Waals surface area contributed by atoms with Gasteiger partial charge < -0.3 is 19.7 Å². The predicted molar refractivity (Wildman–Crippen MR) is 127 cm³/mol. The Morgan fingerprint density at radius 2 is 1.85 bits per heavy atom. The molecule has 9 nitrogen and oxygen atoms in total. The zero-order valence-corrected chi connectivity index (χ0v) is 19.0. The number of rotatable bonds is 5. The van der Waals surface area contributed by atoms with Crippen LogP contribution < -0.4 is 19.7 Å². The fourth-order valence-electron chi connectivity index (χ4n) is 3.76. The van der Waals surface area contributed by atoms with E-state index < -0.39 is 11.0 Å². The molecule has 0 fully saturated rings. The van der Waals surface area contributed by atoms with Gasteiger partial charge in [-0.2, -0.15) is 0 Å². The van der Waals surface area contributed by atoms with E-state index in [1.54, 1.807) is 36.1 Å². The summed E-state index contributed by atoms with van der Waals surface area (Å²) in [6.07, 6.45) is 0.138. The SMILES string of the molecule is COc1cc(C(=O)N2c3ccccc3NC(=O)CC2C)ccc1Oc1ccc(Cl)cc1[N+](=O)[O-]. The second-order valence-corrected chi connectivity index (χ2v) is 8.07. The number of nitrogens with zero attached hydrogens (tertiary/aromatic N) is 2. The van der Waals surface area contributed by atoms with Crippen molar-refractivity contribution >= 4 is 40.5 Å². The molecule has 0 radical (unpaired) electrons. The van der Waals surface area contributed by atoms with E-state index in [0.29, 0.717) is 16.9 Å². The first-order valence-corrected chi connectivity index (χ1v) is 10.7. The largest absolute Gasteiger partial charge is 0.493 e. The van der Waals surface area contributed by atoms with Crippen molar-refractivity contribution in [3.8, 4) is 17.2 Å². The summed E-state index contributed by atoms with van der Waals surface area (Å²) in [4.78, 5) is 38.1. The Hall–Kier alpha value is -4.11. The molecular weight excluding hydrogens is 462 g/mol. The number of carbonyl (C=O) groups excluding carboxylic acids is 2. The number of nitrogens with one attached hydrogen (secondary N) is 1. The van der Waals surface area contributed by atoms with Gasteiger partial charge in [0, 0.05) is 29.1 Å². The van der Waals surface area contributed by atoms with Crippen LogP contribution in [-0.2, 0) is 4.79 Å². The highest BCUT2D eigenvalue weighted by Crippen LogP contribution is 2.39. The maximum absolute atomic E-state index is 13.5. The standard InChI is InChI=1S/C24H20ClN3O6/c1-14-11-23(29)26-17-5-3-4-6-18(17)27(14)24(30)15-7-9-21(22(12-15)33-2)34-20-10-8-16(25)13-19(20)28(31)32/h3-10,12-14H,11H2,1-2H3,(H,26,29). The third-order valence-corrected chi connectivity index (χ3v) is 5.56. The second-order valence-electron chi connectivity index (χ2n) is 7.63. The van der Waals surface area contributed by atoms with Crippen LogP contribution in [0.3, 0.4) is 0 Å². The maximum atomic E-state index is 13.5. The van der Waals surface area contributed by atoms with Gasteiger partial charge in [0.25, 0.3) is 5.91 Å². The molecule has 2 amide bonds. The molecule has 34 heavy (non-hydrogen) atoms. The number of benzene rings is 3. The molecule has 1 aliphatic heterocycles. The lowest BCUT2D eigenvalue weighted by Gasteiger charge is -2.28. The van der Waals surface area contributed by atoms with Gasteiger partial charge in [-0.1, -0.05) is 23.7 Å². The number of carbonyl (C=O) groups is 2. The first kappa shape index (κ1) is 23.1. The molecule has 10 heteroatoms. The summed E-state index contributed by atoms with van der Waals surface area (Å²) >= 11 is 5.87. The van der Waals surface area contributed by atoms with Crippen molar-refractivity contribution in [2.24, 2.45) is 0 Å². The van der Waals surface area contributed by atoms with Crippen LogP contribution in [0, 0.1) is 10.1 Å². The highest BCUT2D eigenvalue weighted by Gasteiger charge is 2.31. The van der Waals surface area contributed by atoms with E-state index in [2.05, 4.69) is 5.32 Å². The number of hydrogen-bond donors (Lipinski definition) is 1. The number of fused-ring (bicyclic) bond motifs is 1. The third kappa shape index (κ3) is 4.51. The van der Waals surface area contributed by atoms with Gasteiger partial charge in [-0.15, -0.1) is 0 Å². The van der Waals surface area contributed by atoms with Crippen molar-refractivity contribution < 1.29 is 24.0 Å². The summed E-state index contributed by atoms with van der Waals surface area (Å²) in [7, 11) is 1.40. The van der Waals surface area contributed by atoms with E-state index in [1.807, 2.05) is 0 Å². The van der Waals surface area contributed by atoms with Gasteiger partial charge in [-0.3, -0.25) is 19.7 Å². The lowest BCUT2D eigenvalue weighted by atomic mass is 10.1. The van der Waals surface area contributed by atoms with E-state index in [4.69, 9.17) is 21.1 Å². The van der Waals surface area contributed by atoms with Crippen LogP contribution in [0.1, 0.15) is 23.7 Å². The zero-order chi connectivity index (χ0) is 24.4. The van der Waals surface area contributed by atoms with Crippen molar-refractivity contribution in [2.75, 3.05) is 17.3 Å². The topological polar surface area (TPSA) is 111 Å². The summed E-state index contributed by atoms with van der Waals surface area (Å²) in [5.74, 6) is -0.142. The number of anilines is 2. The number of para-hydroxylation sites is 2. The van der Waals surface area contributed by atoms with Crippen molar-refractivity contribution in [1.29, 1.82) is 0 Å². The molecule has 1 aliphatic rings. The number of hydrogen-bond acceptors (Lipinski definition) is 6. The normalized spacial score (nSPS) is 15.1. The van der Waals surface area contributed by atoms with Gasteiger partial charge in [0.1, 0.15) is 0 Å². The van der Waals surface area contributed by atoms with Crippen molar-refractivity contribution in [1.82, 2.24) is 0 Å². The molecule has 0 aliphatic carbocycles. The van der Waals surface area contributed by atoms with Crippen LogP contribution >= 0.6 is 11.6 Å². The minimum absolute atomic E-state index is 0.0218. The Bertz CT molecular complexity index is 1300. The minimum Gasteiger partial charge on any atom is -0.493 e. The van der Waals surface area contributed by atoms with Crippen LogP contribution in [0.25, 0.3) is 0 Å².